The third kappa shape index (κ3) is 4.34. The summed E-state index contributed by atoms with van der Waals surface area (Å²) in [5, 5.41) is 26.1. The van der Waals surface area contributed by atoms with Crippen LogP contribution in [0.2, 0.25) is 0 Å². The topological polar surface area (TPSA) is 119 Å². The van der Waals surface area contributed by atoms with Crippen molar-refractivity contribution in [1.82, 2.24) is 10.3 Å². The Kier molecular flexibility index (Phi) is 7.08. The zero-order valence-electron chi connectivity index (χ0n) is 22.6. The van der Waals surface area contributed by atoms with Crippen molar-refractivity contribution in [3.8, 4) is 0 Å². The van der Waals surface area contributed by atoms with E-state index >= 15 is 0 Å². The molecule has 2 aromatic rings. The van der Waals surface area contributed by atoms with Crippen molar-refractivity contribution in [3.05, 3.63) is 84.1 Å². The SMILES string of the molecule is C=C1[C@@H](C)[C@H]2[C@H](Cc3c[nH]c4ccccc34)NC(=O)[C@]23C(=O)/C=C/C(=O)[C@H](O)/C(C)=C\[C@@H](C)C/C=C/[C@H]3[C@@H]1O. The first-order chi connectivity index (χ1) is 18.6. The number of aromatic amines is 1. The lowest BCUT2D eigenvalue weighted by molar-refractivity contribution is -0.148. The Bertz CT molecular complexity index is 1430. The molecule has 204 valence electrons. The maximum atomic E-state index is 14.1. The maximum Gasteiger partial charge on any atom is 0.235 e. The Morgan fingerprint density at radius 1 is 1.10 bits per heavy atom. The number of allylic oxidation sites excluding steroid dienone is 3. The minimum absolute atomic E-state index is 0.00855. The highest BCUT2D eigenvalue weighted by Gasteiger charge is 2.68. The molecule has 0 bridgehead atoms. The number of hydrogen-bond acceptors (Lipinski definition) is 5. The van der Waals surface area contributed by atoms with Crippen molar-refractivity contribution in [2.75, 3.05) is 0 Å². The third-order valence-electron chi connectivity index (χ3n) is 9.04. The van der Waals surface area contributed by atoms with Gasteiger partial charge < -0.3 is 20.5 Å². The number of carbonyl (C=O) groups is 3. The van der Waals surface area contributed by atoms with Crippen LogP contribution in [0.1, 0.15) is 32.8 Å². The maximum absolute atomic E-state index is 14.1. The molecule has 2 aliphatic carbocycles. The van der Waals surface area contributed by atoms with Gasteiger partial charge in [-0.15, -0.1) is 0 Å². The summed E-state index contributed by atoms with van der Waals surface area (Å²) in [5.41, 5.74) is 1.46. The van der Waals surface area contributed by atoms with Gasteiger partial charge in [-0.25, -0.2) is 0 Å². The average molecular weight is 529 g/mol. The van der Waals surface area contributed by atoms with E-state index in [1.807, 2.05) is 56.5 Å². The molecule has 1 saturated heterocycles. The van der Waals surface area contributed by atoms with Gasteiger partial charge in [0.1, 0.15) is 11.5 Å². The molecule has 8 atom stereocenters. The number of hydrogen-bond donors (Lipinski definition) is 4. The van der Waals surface area contributed by atoms with Gasteiger partial charge in [0.25, 0.3) is 0 Å². The lowest BCUT2D eigenvalue weighted by Gasteiger charge is -2.48. The van der Waals surface area contributed by atoms with Gasteiger partial charge in [-0.05, 0) is 66.5 Å². The van der Waals surface area contributed by atoms with E-state index < -0.39 is 53.0 Å². The van der Waals surface area contributed by atoms with E-state index in [1.54, 1.807) is 13.0 Å². The third-order valence-corrected chi connectivity index (χ3v) is 9.04. The molecule has 39 heavy (non-hydrogen) atoms. The Balaban J connectivity index is 1.63. The van der Waals surface area contributed by atoms with Gasteiger partial charge >= 0.3 is 0 Å². The number of H-pyrrole nitrogens is 1. The van der Waals surface area contributed by atoms with Gasteiger partial charge in [0.2, 0.25) is 5.91 Å². The molecule has 0 unspecified atom stereocenters. The summed E-state index contributed by atoms with van der Waals surface area (Å²) in [6.07, 6.45) is 8.17. The molecule has 7 heteroatoms. The van der Waals surface area contributed by atoms with E-state index in [-0.39, 0.29) is 11.8 Å². The van der Waals surface area contributed by atoms with Crippen LogP contribution in [0.15, 0.2) is 78.6 Å². The first kappa shape index (κ1) is 27.0. The van der Waals surface area contributed by atoms with E-state index in [0.717, 1.165) is 28.6 Å². The minimum Gasteiger partial charge on any atom is -0.388 e. The van der Waals surface area contributed by atoms with Gasteiger partial charge in [-0.3, -0.25) is 14.4 Å². The largest absolute Gasteiger partial charge is 0.388 e. The number of aliphatic hydroxyl groups is 2. The minimum atomic E-state index is -1.63. The molecular weight excluding hydrogens is 492 g/mol. The zero-order chi connectivity index (χ0) is 28.1. The predicted octanol–water partition coefficient (Wildman–Crippen LogP) is 3.59. The van der Waals surface area contributed by atoms with E-state index in [2.05, 4.69) is 16.9 Å². The summed E-state index contributed by atoms with van der Waals surface area (Å²) >= 11 is 0. The Labute approximate surface area is 228 Å². The molecular formula is C32H36N2O5. The highest BCUT2D eigenvalue weighted by molar-refractivity contribution is 6.15. The number of rotatable bonds is 2. The summed E-state index contributed by atoms with van der Waals surface area (Å²) in [6.45, 7) is 9.74. The highest BCUT2D eigenvalue weighted by Crippen LogP contribution is 2.56. The number of ketones is 2. The molecule has 7 nitrogen and oxygen atoms in total. The lowest BCUT2D eigenvalue weighted by atomic mass is 9.52. The Morgan fingerprint density at radius 3 is 2.62 bits per heavy atom. The molecule has 5 rings (SSSR count). The first-order valence-electron chi connectivity index (χ1n) is 13.6. The average Bonchev–Trinajstić information content (AvgIpc) is 3.45. The summed E-state index contributed by atoms with van der Waals surface area (Å²) in [4.78, 5) is 44.2. The Hall–Kier alpha value is -3.55. The van der Waals surface area contributed by atoms with E-state index in [0.29, 0.717) is 24.0 Å². The molecule has 1 saturated carbocycles. The van der Waals surface area contributed by atoms with E-state index in [1.165, 1.54) is 0 Å². The summed E-state index contributed by atoms with van der Waals surface area (Å²) < 4.78 is 0. The molecule has 3 aliphatic rings. The second-order valence-electron chi connectivity index (χ2n) is 11.4. The fourth-order valence-corrected chi connectivity index (χ4v) is 7.01. The smallest absolute Gasteiger partial charge is 0.235 e. The zero-order valence-corrected chi connectivity index (χ0v) is 22.6. The molecule has 1 aromatic carbocycles. The Morgan fingerprint density at radius 2 is 1.85 bits per heavy atom. The predicted molar refractivity (Wildman–Crippen MR) is 149 cm³/mol. The van der Waals surface area contributed by atoms with Crippen LogP contribution in [0.5, 0.6) is 0 Å². The fraction of sp³-hybridized carbons (Fsp3) is 0.406. The fourth-order valence-electron chi connectivity index (χ4n) is 7.01. The monoisotopic (exact) mass is 528 g/mol. The first-order valence-corrected chi connectivity index (χ1v) is 13.6. The quantitative estimate of drug-likeness (QED) is 0.351. The molecule has 2 heterocycles. The molecule has 2 fully saturated rings. The summed E-state index contributed by atoms with van der Waals surface area (Å²) in [5.74, 6) is -3.34. The van der Waals surface area contributed by atoms with Crippen molar-refractivity contribution in [3.63, 3.8) is 0 Å². The molecule has 1 aliphatic heterocycles. The number of fused-ring (bicyclic) bond motifs is 1. The van der Waals surface area contributed by atoms with E-state index in [9.17, 15) is 24.6 Å². The number of aliphatic hydroxyl groups excluding tert-OH is 2. The summed E-state index contributed by atoms with van der Waals surface area (Å²) in [7, 11) is 0. The second-order valence-corrected chi connectivity index (χ2v) is 11.4. The van der Waals surface area contributed by atoms with Crippen LogP contribution in [0.25, 0.3) is 10.9 Å². The van der Waals surface area contributed by atoms with Crippen molar-refractivity contribution >= 4 is 28.4 Å². The van der Waals surface area contributed by atoms with Gasteiger partial charge in [-0.2, -0.15) is 0 Å². The van der Waals surface area contributed by atoms with Crippen LogP contribution in [0.3, 0.4) is 0 Å². The van der Waals surface area contributed by atoms with Crippen LogP contribution in [-0.2, 0) is 20.8 Å². The van der Waals surface area contributed by atoms with Crippen LogP contribution in [-0.4, -0.2) is 50.9 Å². The summed E-state index contributed by atoms with van der Waals surface area (Å²) in [6, 6.07) is 7.53. The molecule has 0 radical (unpaired) electrons. The molecule has 1 spiro atoms. The molecule has 1 amide bonds. The number of benzene rings is 1. The van der Waals surface area contributed by atoms with Crippen LogP contribution >= 0.6 is 0 Å². The lowest BCUT2D eigenvalue weighted by Crippen LogP contribution is -2.58. The number of carbonyl (C=O) groups excluding carboxylic acids is 3. The van der Waals surface area contributed by atoms with Crippen LogP contribution in [0.4, 0.5) is 0 Å². The molecule has 1 aromatic heterocycles. The molecule has 4 N–H and O–H groups in total. The number of amides is 1. The van der Waals surface area contributed by atoms with Crippen LogP contribution in [0, 0.1) is 29.1 Å². The van der Waals surface area contributed by atoms with Crippen molar-refractivity contribution < 1.29 is 24.6 Å². The second kappa shape index (κ2) is 10.2. The number of para-hydroxylation sites is 1. The van der Waals surface area contributed by atoms with Gasteiger partial charge in [-0.1, -0.05) is 56.9 Å². The number of nitrogens with one attached hydrogen (secondary N) is 2. The van der Waals surface area contributed by atoms with Crippen LogP contribution < -0.4 is 5.32 Å². The van der Waals surface area contributed by atoms with E-state index in [4.69, 9.17) is 0 Å². The van der Waals surface area contributed by atoms with Crippen molar-refractivity contribution in [2.24, 2.45) is 29.1 Å². The normalized spacial score (nSPS) is 38.5. The van der Waals surface area contributed by atoms with Crippen molar-refractivity contribution in [2.45, 2.75) is 51.9 Å². The van der Waals surface area contributed by atoms with Gasteiger partial charge in [0.15, 0.2) is 11.6 Å². The van der Waals surface area contributed by atoms with Crippen molar-refractivity contribution in [1.29, 1.82) is 0 Å². The van der Waals surface area contributed by atoms with Gasteiger partial charge in [0.05, 0.1) is 6.10 Å². The highest BCUT2D eigenvalue weighted by atomic mass is 16.3. The number of aromatic nitrogens is 1. The van der Waals surface area contributed by atoms with Gasteiger partial charge in [0, 0.05) is 35.0 Å². The standard InChI is InChI=1S/C32H36N2O5/c1-17-8-7-10-23-30(38)20(4)19(3)28-25(15-21-16-33-24-11-6-5-9-22(21)24)34-31(39)32(23,28)27(36)13-12-26(35)29(37)18(2)14-17/h5-7,9-14,16-17,19,23,25,28-30,33,37-38H,4,8,15H2,1-3H3,(H,34,39)/b10-7+,13-12+,18-14-/t17-,19+,23-,25-,28-,29+,30+,32+/m0/s1.